The molecule has 2 unspecified atom stereocenters. The minimum Gasteiger partial charge on any atom is -0.355 e. The summed E-state index contributed by atoms with van der Waals surface area (Å²) in [5.74, 6) is 3.20. The minimum atomic E-state index is 0.700. The fourth-order valence-corrected chi connectivity index (χ4v) is 3.57. The number of rotatable bonds is 2. The molecule has 4 rings (SSSR count). The average Bonchev–Trinajstić information content (AvgIpc) is 2.98. The van der Waals surface area contributed by atoms with Crippen LogP contribution in [0.5, 0.6) is 0 Å². The van der Waals surface area contributed by atoms with Crippen LogP contribution in [0.1, 0.15) is 20.3 Å². The number of aromatic nitrogens is 4. The van der Waals surface area contributed by atoms with Gasteiger partial charge in [-0.25, -0.2) is 0 Å². The lowest BCUT2D eigenvalue weighted by Gasteiger charge is -2.35. The monoisotopic (exact) mass is 307 g/mol. The van der Waals surface area contributed by atoms with E-state index in [1.54, 1.807) is 0 Å². The third-order valence-electron chi connectivity index (χ3n) is 4.47. The van der Waals surface area contributed by atoms with Crippen LogP contribution >= 0.6 is 0 Å². The van der Waals surface area contributed by atoms with Crippen molar-refractivity contribution in [2.75, 3.05) is 18.0 Å². The lowest BCUT2D eigenvalue weighted by atomic mass is 9.92. The van der Waals surface area contributed by atoms with Gasteiger partial charge in [0.2, 0.25) is 0 Å². The molecule has 1 saturated heterocycles. The van der Waals surface area contributed by atoms with Crippen LogP contribution in [-0.4, -0.2) is 32.9 Å². The maximum absolute atomic E-state index is 4.82. The molecule has 2 atom stereocenters. The Morgan fingerprint density at radius 3 is 2.39 bits per heavy atom. The molecular weight excluding hydrogens is 286 g/mol. The van der Waals surface area contributed by atoms with Crippen LogP contribution in [0.3, 0.4) is 0 Å². The standard InChI is InChI=1S/C18H21N5/c1-13-10-14(2)12-22(11-13)17-9-8-16-19-20-18(23(16)21-17)15-6-4-3-5-7-15/h3-9,13-14H,10-12H2,1-2H3. The van der Waals surface area contributed by atoms with Gasteiger partial charge in [0.05, 0.1) is 0 Å². The fraction of sp³-hybridized carbons (Fsp3) is 0.389. The predicted molar refractivity (Wildman–Crippen MR) is 91.4 cm³/mol. The molecule has 0 bridgehead atoms. The van der Waals surface area contributed by atoms with Crippen molar-refractivity contribution in [1.29, 1.82) is 0 Å². The van der Waals surface area contributed by atoms with Crippen molar-refractivity contribution in [3.8, 4) is 11.4 Å². The first-order chi connectivity index (χ1) is 11.2. The highest BCUT2D eigenvalue weighted by Gasteiger charge is 2.23. The topological polar surface area (TPSA) is 46.3 Å². The van der Waals surface area contributed by atoms with Crippen LogP contribution in [-0.2, 0) is 0 Å². The fourth-order valence-electron chi connectivity index (χ4n) is 3.57. The van der Waals surface area contributed by atoms with Crippen LogP contribution in [0, 0.1) is 11.8 Å². The van der Waals surface area contributed by atoms with Crippen LogP contribution in [0.15, 0.2) is 42.5 Å². The van der Waals surface area contributed by atoms with E-state index in [9.17, 15) is 0 Å². The molecule has 0 radical (unpaired) electrons. The molecule has 118 valence electrons. The quantitative estimate of drug-likeness (QED) is 0.729. The summed E-state index contributed by atoms with van der Waals surface area (Å²) < 4.78 is 1.86. The Morgan fingerprint density at radius 2 is 1.65 bits per heavy atom. The summed E-state index contributed by atoms with van der Waals surface area (Å²) in [6.45, 7) is 6.75. The number of benzene rings is 1. The highest BCUT2D eigenvalue weighted by atomic mass is 15.4. The molecule has 5 nitrogen and oxygen atoms in total. The smallest absolute Gasteiger partial charge is 0.185 e. The SMILES string of the molecule is CC1CC(C)CN(c2ccc3nnc(-c4ccccc4)n3n2)C1. The number of hydrogen-bond donors (Lipinski definition) is 0. The second kappa shape index (κ2) is 5.65. The van der Waals surface area contributed by atoms with E-state index in [0.717, 1.165) is 35.9 Å². The Balaban J connectivity index is 1.75. The Hall–Kier alpha value is -2.43. The van der Waals surface area contributed by atoms with Crippen molar-refractivity contribution in [3.63, 3.8) is 0 Å². The van der Waals surface area contributed by atoms with Gasteiger partial charge in [-0.3, -0.25) is 0 Å². The number of nitrogens with zero attached hydrogens (tertiary/aromatic N) is 5. The van der Waals surface area contributed by atoms with Gasteiger partial charge in [0.25, 0.3) is 0 Å². The highest BCUT2D eigenvalue weighted by molar-refractivity contribution is 5.59. The van der Waals surface area contributed by atoms with E-state index in [2.05, 4.69) is 35.0 Å². The van der Waals surface area contributed by atoms with Crippen LogP contribution < -0.4 is 4.90 Å². The molecule has 1 fully saturated rings. The zero-order valence-corrected chi connectivity index (χ0v) is 13.6. The molecule has 0 saturated carbocycles. The molecule has 0 amide bonds. The molecule has 3 heterocycles. The van der Waals surface area contributed by atoms with Gasteiger partial charge in [0, 0.05) is 18.7 Å². The molecule has 0 aliphatic carbocycles. The van der Waals surface area contributed by atoms with Crippen molar-refractivity contribution in [2.45, 2.75) is 20.3 Å². The summed E-state index contributed by atoms with van der Waals surface area (Å²) in [6.07, 6.45) is 1.29. The maximum Gasteiger partial charge on any atom is 0.185 e. The molecule has 23 heavy (non-hydrogen) atoms. The van der Waals surface area contributed by atoms with Crippen LogP contribution in [0.25, 0.3) is 17.0 Å². The third kappa shape index (κ3) is 2.67. The second-order valence-electron chi connectivity index (χ2n) is 6.70. The normalized spacial score (nSPS) is 21.7. The lowest BCUT2D eigenvalue weighted by Crippen LogP contribution is -2.39. The van der Waals surface area contributed by atoms with E-state index in [4.69, 9.17) is 5.10 Å². The van der Waals surface area contributed by atoms with Crippen molar-refractivity contribution in [1.82, 2.24) is 19.8 Å². The summed E-state index contributed by atoms with van der Waals surface area (Å²) in [5.41, 5.74) is 1.82. The van der Waals surface area contributed by atoms with Gasteiger partial charge in [-0.1, -0.05) is 44.2 Å². The van der Waals surface area contributed by atoms with Gasteiger partial charge in [-0.2, -0.15) is 4.52 Å². The molecule has 1 aliphatic rings. The average molecular weight is 307 g/mol. The molecule has 3 aromatic rings. The Morgan fingerprint density at radius 1 is 0.913 bits per heavy atom. The number of hydrogen-bond acceptors (Lipinski definition) is 4. The predicted octanol–water partition coefficient (Wildman–Crippen LogP) is 3.27. The van der Waals surface area contributed by atoms with Crippen LogP contribution in [0.4, 0.5) is 5.82 Å². The largest absolute Gasteiger partial charge is 0.355 e. The zero-order valence-electron chi connectivity index (χ0n) is 13.6. The first-order valence-corrected chi connectivity index (χ1v) is 8.23. The molecule has 0 spiro atoms. The van der Waals surface area contributed by atoms with Crippen molar-refractivity contribution in [2.24, 2.45) is 11.8 Å². The first-order valence-electron chi connectivity index (χ1n) is 8.23. The summed E-state index contributed by atoms with van der Waals surface area (Å²) in [7, 11) is 0. The Kier molecular flexibility index (Phi) is 3.48. The van der Waals surface area contributed by atoms with Gasteiger partial charge in [-0.05, 0) is 30.4 Å². The van der Waals surface area contributed by atoms with E-state index in [0.29, 0.717) is 11.8 Å². The molecular formula is C18H21N5. The molecule has 1 aromatic carbocycles. The van der Waals surface area contributed by atoms with Gasteiger partial charge in [0.1, 0.15) is 5.82 Å². The number of fused-ring (bicyclic) bond motifs is 1. The molecule has 5 heteroatoms. The summed E-state index contributed by atoms with van der Waals surface area (Å²) in [4.78, 5) is 2.38. The lowest BCUT2D eigenvalue weighted by molar-refractivity contribution is 0.354. The van der Waals surface area contributed by atoms with Crippen LogP contribution in [0.2, 0.25) is 0 Å². The van der Waals surface area contributed by atoms with E-state index < -0.39 is 0 Å². The summed E-state index contributed by atoms with van der Waals surface area (Å²) >= 11 is 0. The number of piperidine rings is 1. The number of anilines is 1. The highest BCUT2D eigenvalue weighted by Crippen LogP contribution is 2.26. The van der Waals surface area contributed by atoms with Crippen molar-refractivity contribution in [3.05, 3.63) is 42.5 Å². The molecule has 0 N–H and O–H groups in total. The Labute approximate surface area is 136 Å². The van der Waals surface area contributed by atoms with Gasteiger partial charge in [0.15, 0.2) is 11.5 Å². The first kappa shape index (κ1) is 14.2. The Bertz CT molecular complexity index is 801. The molecule has 1 aliphatic heterocycles. The third-order valence-corrected chi connectivity index (χ3v) is 4.47. The van der Waals surface area contributed by atoms with Gasteiger partial charge >= 0.3 is 0 Å². The second-order valence-corrected chi connectivity index (χ2v) is 6.70. The van der Waals surface area contributed by atoms with E-state index in [1.807, 2.05) is 40.9 Å². The minimum absolute atomic E-state index is 0.700. The van der Waals surface area contributed by atoms with E-state index in [1.165, 1.54) is 6.42 Å². The summed E-state index contributed by atoms with van der Waals surface area (Å²) in [5, 5.41) is 13.4. The summed E-state index contributed by atoms with van der Waals surface area (Å²) in [6, 6.07) is 14.2. The zero-order chi connectivity index (χ0) is 15.8. The van der Waals surface area contributed by atoms with E-state index in [-0.39, 0.29) is 0 Å². The van der Waals surface area contributed by atoms with Gasteiger partial charge in [-0.15, -0.1) is 15.3 Å². The van der Waals surface area contributed by atoms with Gasteiger partial charge < -0.3 is 4.90 Å². The van der Waals surface area contributed by atoms with Crippen molar-refractivity contribution < 1.29 is 0 Å². The van der Waals surface area contributed by atoms with E-state index >= 15 is 0 Å². The molecule has 2 aromatic heterocycles. The van der Waals surface area contributed by atoms with Crippen molar-refractivity contribution >= 4 is 11.5 Å². The maximum atomic E-state index is 4.82.